The van der Waals surface area contributed by atoms with E-state index in [0.29, 0.717) is 17.5 Å². The summed E-state index contributed by atoms with van der Waals surface area (Å²) in [6, 6.07) is 15.1. The Kier molecular flexibility index (Phi) is 5.57. The number of carbonyl (C=O) groups is 1. The van der Waals surface area contributed by atoms with Crippen LogP contribution in [0.4, 0.5) is 0 Å². The van der Waals surface area contributed by atoms with Crippen LogP contribution in [-0.4, -0.2) is 30.6 Å². The van der Waals surface area contributed by atoms with Crippen LogP contribution < -0.4 is 0 Å². The standard InChI is InChI=1S/C20H21BrO4/c1-14-8-9-18(15(2)10-14)20(13-21)24-12-17(25-20)11-23-19(22)16-6-4-3-5-7-16/h3-10,17H,11-13H2,1-2H3/t17-,20-/m1/s1. The molecular weight excluding hydrogens is 384 g/mol. The molecule has 0 aliphatic carbocycles. The fourth-order valence-electron chi connectivity index (χ4n) is 3.00. The van der Waals surface area contributed by atoms with Crippen LogP contribution >= 0.6 is 15.9 Å². The van der Waals surface area contributed by atoms with Crippen LogP contribution in [0.2, 0.25) is 0 Å². The van der Waals surface area contributed by atoms with E-state index in [1.54, 1.807) is 12.1 Å². The van der Waals surface area contributed by atoms with Gasteiger partial charge in [0.25, 0.3) is 0 Å². The molecule has 0 bridgehead atoms. The predicted molar refractivity (Wildman–Crippen MR) is 98.9 cm³/mol. The lowest BCUT2D eigenvalue weighted by Crippen LogP contribution is -2.32. The first-order chi connectivity index (χ1) is 12.0. The molecule has 0 aromatic heterocycles. The highest BCUT2D eigenvalue weighted by Gasteiger charge is 2.43. The molecule has 0 saturated carbocycles. The van der Waals surface area contributed by atoms with E-state index in [0.717, 1.165) is 11.1 Å². The SMILES string of the molecule is Cc1ccc([C@]2(CBr)OC[C@@H](COC(=O)c3ccccc3)O2)c(C)c1. The van der Waals surface area contributed by atoms with E-state index < -0.39 is 5.79 Å². The first kappa shape index (κ1) is 18.1. The lowest BCUT2D eigenvalue weighted by molar-refractivity contribution is -0.160. The molecule has 1 aliphatic heterocycles. The Hall–Kier alpha value is -1.69. The summed E-state index contributed by atoms with van der Waals surface area (Å²) in [5.41, 5.74) is 3.83. The van der Waals surface area contributed by atoms with E-state index in [4.69, 9.17) is 14.2 Å². The van der Waals surface area contributed by atoms with Gasteiger partial charge in [-0.05, 0) is 31.5 Å². The van der Waals surface area contributed by atoms with E-state index in [-0.39, 0.29) is 18.7 Å². The molecule has 4 nitrogen and oxygen atoms in total. The molecule has 132 valence electrons. The van der Waals surface area contributed by atoms with Gasteiger partial charge in [-0.3, -0.25) is 0 Å². The third kappa shape index (κ3) is 3.94. The molecule has 2 atom stereocenters. The van der Waals surface area contributed by atoms with Crippen molar-refractivity contribution in [2.24, 2.45) is 0 Å². The Bertz CT molecular complexity index is 747. The summed E-state index contributed by atoms with van der Waals surface area (Å²) in [6.45, 7) is 4.64. The lowest BCUT2D eigenvalue weighted by atomic mass is 9.99. The summed E-state index contributed by atoms with van der Waals surface area (Å²) in [4.78, 5) is 12.1. The maximum atomic E-state index is 12.1. The van der Waals surface area contributed by atoms with Gasteiger partial charge in [-0.25, -0.2) is 4.79 Å². The zero-order valence-corrected chi connectivity index (χ0v) is 15.9. The highest BCUT2D eigenvalue weighted by molar-refractivity contribution is 9.09. The van der Waals surface area contributed by atoms with Crippen molar-refractivity contribution in [3.63, 3.8) is 0 Å². The van der Waals surface area contributed by atoms with E-state index in [1.165, 1.54) is 5.56 Å². The number of rotatable bonds is 5. The molecule has 0 unspecified atom stereocenters. The summed E-state index contributed by atoms with van der Waals surface area (Å²) >= 11 is 3.51. The number of alkyl halides is 1. The number of halogens is 1. The summed E-state index contributed by atoms with van der Waals surface area (Å²) < 4.78 is 17.5. The number of carbonyl (C=O) groups excluding carboxylic acids is 1. The van der Waals surface area contributed by atoms with E-state index in [9.17, 15) is 4.79 Å². The van der Waals surface area contributed by atoms with Gasteiger partial charge in [0, 0.05) is 5.56 Å². The summed E-state index contributed by atoms with van der Waals surface area (Å²) in [5.74, 6) is -1.20. The minimum Gasteiger partial charge on any atom is -0.459 e. The van der Waals surface area contributed by atoms with Crippen LogP contribution in [-0.2, 0) is 20.0 Å². The minimum atomic E-state index is -0.846. The van der Waals surface area contributed by atoms with Gasteiger partial charge in [0.15, 0.2) is 0 Å². The van der Waals surface area contributed by atoms with Crippen molar-refractivity contribution < 1.29 is 19.0 Å². The molecular formula is C20H21BrO4. The molecule has 0 spiro atoms. The van der Waals surface area contributed by atoms with Crippen molar-refractivity contribution in [2.45, 2.75) is 25.7 Å². The van der Waals surface area contributed by atoms with E-state index in [1.807, 2.05) is 37.3 Å². The zero-order chi connectivity index (χ0) is 17.9. The molecule has 0 N–H and O–H groups in total. The Labute approximate surface area is 156 Å². The first-order valence-electron chi connectivity index (χ1n) is 8.22. The molecule has 1 fully saturated rings. The summed E-state index contributed by atoms with van der Waals surface area (Å²) in [7, 11) is 0. The third-order valence-corrected chi connectivity index (χ3v) is 4.98. The second-order valence-electron chi connectivity index (χ2n) is 6.22. The molecule has 1 heterocycles. The lowest BCUT2D eigenvalue weighted by Gasteiger charge is -2.28. The summed E-state index contributed by atoms with van der Waals surface area (Å²) in [6.07, 6.45) is -0.300. The molecule has 0 radical (unpaired) electrons. The smallest absolute Gasteiger partial charge is 0.338 e. The van der Waals surface area contributed by atoms with Crippen molar-refractivity contribution in [2.75, 3.05) is 18.5 Å². The van der Waals surface area contributed by atoms with Crippen molar-refractivity contribution in [1.82, 2.24) is 0 Å². The van der Waals surface area contributed by atoms with Crippen LogP contribution in [0.15, 0.2) is 48.5 Å². The Morgan fingerprint density at radius 3 is 2.68 bits per heavy atom. The summed E-state index contributed by atoms with van der Waals surface area (Å²) in [5, 5.41) is 0.507. The Morgan fingerprint density at radius 2 is 2.00 bits per heavy atom. The van der Waals surface area contributed by atoms with Gasteiger partial charge < -0.3 is 14.2 Å². The molecule has 1 aliphatic rings. The van der Waals surface area contributed by atoms with Gasteiger partial charge in [-0.2, -0.15) is 0 Å². The van der Waals surface area contributed by atoms with Crippen molar-refractivity contribution in [1.29, 1.82) is 0 Å². The van der Waals surface area contributed by atoms with Gasteiger partial charge in [0.1, 0.15) is 12.7 Å². The van der Waals surface area contributed by atoms with E-state index in [2.05, 4.69) is 28.9 Å². The fourth-order valence-corrected chi connectivity index (χ4v) is 3.59. The molecule has 25 heavy (non-hydrogen) atoms. The molecule has 2 aromatic rings. The Morgan fingerprint density at radius 1 is 1.24 bits per heavy atom. The Balaban J connectivity index is 1.66. The van der Waals surface area contributed by atoms with Gasteiger partial charge in [0.2, 0.25) is 5.79 Å². The van der Waals surface area contributed by atoms with Crippen molar-refractivity contribution in [3.8, 4) is 0 Å². The molecule has 0 amide bonds. The molecule has 3 rings (SSSR count). The number of hydrogen-bond donors (Lipinski definition) is 0. The van der Waals surface area contributed by atoms with Gasteiger partial charge >= 0.3 is 5.97 Å². The van der Waals surface area contributed by atoms with Gasteiger partial charge in [0.05, 0.1) is 17.5 Å². The number of hydrogen-bond acceptors (Lipinski definition) is 4. The number of ether oxygens (including phenoxy) is 3. The fraction of sp³-hybridized carbons (Fsp3) is 0.350. The maximum absolute atomic E-state index is 12.1. The minimum absolute atomic E-state index is 0.160. The second kappa shape index (κ2) is 7.68. The van der Waals surface area contributed by atoms with Crippen molar-refractivity contribution in [3.05, 3.63) is 70.8 Å². The predicted octanol–water partition coefficient (Wildman–Crippen LogP) is 4.12. The maximum Gasteiger partial charge on any atom is 0.338 e. The molecule has 5 heteroatoms. The molecule has 1 saturated heterocycles. The molecule has 2 aromatic carbocycles. The van der Waals surface area contributed by atoms with Gasteiger partial charge in [-0.1, -0.05) is 57.9 Å². The van der Waals surface area contributed by atoms with Crippen LogP contribution in [0.3, 0.4) is 0 Å². The number of aryl methyl sites for hydroxylation is 2. The van der Waals surface area contributed by atoms with E-state index >= 15 is 0 Å². The van der Waals surface area contributed by atoms with Crippen LogP contribution in [0.25, 0.3) is 0 Å². The second-order valence-corrected chi connectivity index (χ2v) is 6.78. The highest BCUT2D eigenvalue weighted by atomic mass is 79.9. The zero-order valence-electron chi connectivity index (χ0n) is 14.3. The first-order valence-corrected chi connectivity index (χ1v) is 9.34. The normalized spacial score (nSPS) is 22.8. The van der Waals surface area contributed by atoms with Crippen LogP contribution in [0.5, 0.6) is 0 Å². The third-order valence-electron chi connectivity index (χ3n) is 4.24. The van der Waals surface area contributed by atoms with Gasteiger partial charge in [-0.15, -0.1) is 0 Å². The number of benzene rings is 2. The average molecular weight is 405 g/mol. The highest BCUT2D eigenvalue weighted by Crippen LogP contribution is 2.38. The quantitative estimate of drug-likeness (QED) is 0.555. The topological polar surface area (TPSA) is 44.8 Å². The largest absolute Gasteiger partial charge is 0.459 e. The van der Waals surface area contributed by atoms with Crippen molar-refractivity contribution >= 4 is 21.9 Å². The average Bonchev–Trinajstić information content (AvgIpc) is 3.05. The van der Waals surface area contributed by atoms with Crippen LogP contribution in [0.1, 0.15) is 27.0 Å². The van der Waals surface area contributed by atoms with Crippen LogP contribution in [0, 0.1) is 13.8 Å². The monoisotopic (exact) mass is 404 g/mol. The number of esters is 1.